The van der Waals surface area contributed by atoms with Crippen LogP contribution in [-0.2, 0) is 19.2 Å². The molecule has 5 rings (SSSR count). The lowest BCUT2D eigenvalue weighted by Gasteiger charge is -2.31. The number of hydrogen-bond donors (Lipinski definition) is 2. The molecule has 2 saturated heterocycles. The molecule has 0 aromatic heterocycles. The Hall–Kier alpha value is -3.39. The molecule has 0 bridgehead atoms. The number of aldehydes is 1. The summed E-state index contributed by atoms with van der Waals surface area (Å²) in [5.41, 5.74) is 1.84. The van der Waals surface area contributed by atoms with Gasteiger partial charge in [-0.25, -0.2) is 0 Å². The lowest BCUT2D eigenvalue weighted by atomic mass is 9.90. The molecule has 2 unspecified atom stereocenters. The Morgan fingerprint density at radius 3 is 2.62 bits per heavy atom. The number of likely N-dealkylation sites (tertiary alicyclic amines) is 1. The van der Waals surface area contributed by atoms with Crippen molar-refractivity contribution < 1.29 is 23.9 Å². The first-order chi connectivity index (χ1) is 18.6. The molecule has 206 valence electrons. The third kappa shape index (κ3) is 5.39. The van der Waals surface area contributed by atoms with Gasteiger partial charge >= 0.3 is 0 Å². The monoisotopic (exact) mass is 551 g/mol. The molecule has 2 N–H and O–H groups in total. The van der Waals surface area contributed by atoms with Gasteiger partial charge in [-0.15, -0.1) is 0 Å². The topological polar surface area (TPSA) is 105 Å². The van der Waals surface area contributed by atoms with Crippen LogP contribution >= 0.6 is 11.6 Å². The van der Waals surface area contributed by atoms with Crippen LogP contribution in [-0.4, -0.2) is 60.7 Å². The largest absolute Gasteiger partial charge is 0.484 e. The number of rotatable bonds is 9. The maximum absolute atomic E-state index is 13.5. The van der Waals surface area contributed by atoms with Crippen molar-refractivity contribution in [2.24, 2.45) is 29.1 Å². The first-order valence-electron chi connectivity index (χ1n) is 13.4. The van der Waals surface area contributed by atoms with Gasteiger partial charge in [-0.1, -0.05) is 56.6 Å². The van der Waals surface area contributed by atoms with Crippen molar-refractivity contribution in [2.75, 3.05) is 19.7 Å². The maximum Gasteiger partial charge on any atom is 0.261 e. The second-order valence-corrected chi connectivity index (χ2v) is 12.0. The van der Waals surface area contributed by atoms with Crippen molar-refractivity contribution in [1.82, 2.24) is 15.5 Å². The van der Waals surface area contributed by atoms with Crippen molar-refractivity contribution in [3.8, 4) is 16.9 Å². The smallest absolute Gasteiger partial charge is 0.261 e. The Kier molecular flexibility index (Phi) is 7.42. The molecule has 3 fully saturated rings. The third-order valence-electron chi connectivity index (χ3n) is 8.79. The summed E-state index contributed by atoms with van der Waals surface area (Å²) in [5.74, 6) is -0.201. The number of hydrogen-bond acceptors (Lipinski definition) is 5. The fraction of sp³-hybridized carbons (Fsp3) is 0.467. The molecule has 6 atom stereocenters. The Bertz CT molecular complexity index is 1280. The Labute approximate surface area is 233 Å². The number of amides is 3. The van der Waals surface area contributed by atoms with Gasteiger partial charge < -0.3 is 25.1 Å². The van der Waals surface area contributed by atoms with Crippen molar-refractivity contribution in [3.63, 3.8) is 0 Å². The van der Waals surface area contributed by atoms with E-state index in [0.29, 0.717) is 30.1 Å². The van der Waals surface area contributed by atoms with E-state index in [0.717, 1.165) is 11.1 Å². The van der Waals surface area contributed by atoms with E-state index in [1.807, 2.05) is 49.4 Å². The number of ether oxygens (including phenoxy) is 1. The highest BCUT2D eigenvalue weighted by Gasteiger charge is 2.69. The Balaban J connectivity index is 1.24. The fourth-order valence-corrected chi connectivity index (χ4v) is 6.43. The highest BCUT2D eigenvalue weighted by atomic mass is 35.5. The highest BCUT2D eigenvalue weighted by molar-refractivity contribution is 6.30. The molecule has 2 heterocycles. The molecule has 8 nitrogen and oxygen atoms in total. The second-order valence-electron chi connectivity index (χ2n) is 11.6. The summed E-state index contributed by atoms with van der Waals surface area (Å²) in [6.45, 7) is 6.98. The van der Waals surface area contributed by atoms with Crippen LogP contribution in [0.4, 0.5) is 0 Å². The summed E-state index contributed by atoms with van der Waals surface area (Å²) >= 11 is 6.00. The molecule has 2 aromatic carbocycles. The molecule has 0 spiro atoms. The van der Waals surface area contributed by atoms with Crippen molar-refractivity contribution in [3.05, 3.63) is 53.6 Å². The molecule has 0 radical (unpaired) electrons. The summed E-state index contributed by atoms with van der Waals surface area (Å²) in [6, 6.07) is 13.5. The van der Waals surface area contributed by atoms with Gasteiger partial charge in [0.05, 0.1) is 6.04 Å². The fourth-order valence-electron chi connectivity index (χ4n) is 6.30. The van der Waals surface area contributed by atoms with Crippen LogP contribution in [0.2, 0.25) is 5.02 Å². The summed E-state index contributed by atoms with van der Waals surface area (Å²) in [5, 5.41) is 6.29. The number of benzene rings is 2. The average Bonchev–Trinajstić information content (AvgIpc) is 3.20. The van der Waals surface area contributed by atoms with E-state index in [-0.39, 0.29) is 59.8 Å². The van der Waals surface area contributed by atoms with E-state index in [2.05, 4.69) is 24.5 Å². The standard InChI is InChI=1S/C30H34ClN3O5/c1-17-13-32-28(37)23(17)12-21(15-35)33-29(38)27-26-24(30(26,2)3)14-34(27)25(36)16-39-22-6-4-5-19(11-22)18-7-9-20(31)10-8-18/h4-11,15,17,21,23-24,26-27H,12-14,16H2,1-3H3,(H,32,37)(H,33,38)/t17?,21-,23+,24-,26-,27?/m0/s1. The lowest BCUT2D eigenvalue weighted by Crippen LogP contribution is -2.53. The minimum atomic E-state index is -0.793. The molecule has 39 heavy (non-hydrogen) atoms. The molecular formula is C30H34ClN3O5. The number of nitrogens with one attached hydrogen (secondary N) is 2. The first-order valence-corrected chi connectivity index (χ1v) is 13.8. The molecule has 2 aromatic rings. The van der Waals surface area contributed by atoms with Crippen LogP contribution < -0.4 is 15.4 Å². The molecule has 9 heteroatoms. The predicted molar refractivity (Wildman–Crippen MR) is 147 cm³/mol. The number of halogens is 1. The molecular weight excluding hydrogens is 518 g/mol. The van der Waals surface area contributed by atoms with Crippen LogP contribution in [0.1, 0.15) is 27.2 Å². The number of fused-ring (bicyclic) bond motifs is 1. The van der Waals surface area contributed by atoms with Crippen molar-refractivity contribution in [1.29, 1.82) is 0 Å². The number of carbonyl (C=O) groups excluding carboxylic acids is 4. The van der Waals surface area contributed by atoms with E-state index < -0.39 is 12.1 Å². The highest BCUT2D eigenvalue weighted by Crippen LogP contribution is 2.64. The zero-order valence-corrected chi connectivity index (χ0v) is 23.1. The van der Waals surface area contributed by atoms with Crippen LogP contribution in [0, 0.1) is 29.1 Å². The van der Waals surface area contributed by atoms with E-state index in [1.165, 1.54) is 0 Å². The minimum absolute atomic E-state index is 0.00990. The molecule has 3 amide bonds. The number of piperidine rings is 1. The van der Waals surface area contributed by atoms with Gasteiger partial charge in [0.15, 0.2) is 6.61 Å². The second kappa shape index (κ2) is 10.6. The van der Waals surface area contributed by atoms with E-state index in [1.54, 1.807) is 11.0 Å². The zero-order chi connectivity index (χ0) is 27.9. The molecule has 1 aliphatic carbocycles. The van der Waals surface area contributed by atoms with E-state index in [9.17, 15) is 19.2 Å². The van der Waals surface area contributed by atoms with Gasteiger partial charge in [-0.05, 0) is 65.0 Å². The number of carbonyl (C=O) groups is 4. The average molecular weight is 552 g/mol. The van der Waals surface area contributed by atoms with Crippen LogP contribution in [0.25, 0.3) is 11.1 Å². The quantitative estimate of drug-likeness (QED) is 0.465. The summed E-state index contributed by atoms with van der Waals surface area (Å²) in [6.07, 6.45) is 0.928. The molecule has 2 aliphatic heterocycles. The SMILES string of the molecule is CC1CNC(=O)[C@@H]1C[C@@H](C=O)NC(=O)C1[C@@H]2[C@H](CN1C(=O)COc1cccc(-c3ccc(Cl)cc3)c1)C2(C)C. The van der Waals surface area contributed by atoms with Crippen LogP contribution in [0.15, 0.2) is 48.5 Å². The van der Waals surface area contributed by atoms with Crippen LogP contribution in [0.5, 0.6) is 5.75 Å². The maximum atomic E-state index is 13.5. The molecule has 1 saturated carbocycles. The van der Waals surface area contributed by atoms with Crippen molar-refractivity contribution >= 4 is 35.6 Å². The molecule has 3 aliphatic rings. The van der Waals surface area contributed by atoms with E-state index in [4.69, 9.17) is 16.3 Å². The zero-order valence-electron chi connectivity index (χ0n) is 22.4. The third-order valence-corrected chi connectivity index (χ3v) is 9.05. The first kappa shape index (κ1) is 27.2. The Morgan fingerprint density at radius 1 is 1.21 bits per heavy atom. The van der Waals surface area contributed by atoms with Crippen LogP contribution in [0.3, 0.4) is 0 Å². The predicted octanol–water partition coefficient (Wildman–Crippen LogP) is 3.32. The van der Waals surface area contributed by atoms with Gasteiger partial charge in [0.25, 0.3) is 5.91 Å². The van der Waals surface area contributed by atoms with E-state index >= 15 is 0 Å². The van der Waals surface area contributed by atoms with Gasteiger partial charge in [-0.3, -0.25) is 14.4 Å². The summed E-state index contributed by atoms with van der Waals surface area (Å²) in [7, 11) is 0. The van der Waals surface area contributed by atoms with Gasteiger partial charge in [0.1, 0.15) is 18.1 Å². The minimum Gasteiger partial charge on any atom is -0.484 e. The lowest BCUT2D eigenvalue weighted by molar-refractivity contribution is -0.142. The number of nitrogens with zero attached hydrogens (tertiary/aromatic N) is 1. The van der Waals surface area contributed by atoms with Gasteiger partial charge in [0.2, 0.25) is 11.8 Å². The van der Waals surface area contributed by atoms with Crippen molar-refractivity contribution in [2.45, 2.75) is 39.3 Å². The normalized spacial score (nSPS) is 27.3. The van der Waals surface area contributed by atoms with Gasteiger partial charge in [-0.2, -0.15) is 0 Å². The van der Waals surface area contributed by atoms with Gasteiger partial charge in [0, 0.05) is 24.0 Å². The summed E-state index contributed by atoms with van der Waals surface area (Å²) in [4.78, 5) is 52.4. The summed E-state index contributed by atoms with van der Waals surface area (Å²) < 4.78 is 5.86. The Morgan fingerprint density at radius 2 is 1.95 bits per heavy atom.